The predicted octanol–water partition coefficient (Wildman–Crippen LogP) is 4.66. The Labute approximate surface area is 207 Å². The molecule has 4 rings (SSSR count). The van der Waals surface area contributed by atoms with E-state index in [4.69, 9.17) is 9.47 Å². The molecule has 0 aliphatic carbocycles. The summed E-state index contributed by atoms with van der Waals surface area (Å²) in [4.78, 5) is 24.8. The second-order valence-electron chi connectivity index (χ2n) is 7.96. The van der Waals surface area contributed by atoms with Crippen molar-refractivity contribution < 1.29 is 19.1 Å². The van der Waals surface area contributed by atoms with Crippen LogP contribution in [0.1, 0.15) is 32.1 Å². The molecule has 4 aromatic rings. The Balaban J connectivity index is 1.49. The van der Waals surface area contributed by atoms with Crippen LogP contribution in [0.3, 0.4) is 0 Å². The number of hydrogen-bond acceptors (Lipinski definition) is 7. The highest BCUT2D eigenvalue weighted by Gasteiger charge is 2.19. The van der Waals surface area contributed by atoms with Crippen LogP contribution in [0, 0.1) is 13.8 Å². The summed E-state index contributed by atoms with van der Waals surface area (Å²) in [5.74, 6) is 1.35. The summed E-state index contributed by atoms with van der Waals surface area (Å²) in [5, 5.41) is 9.23. The standard InChI is InChI=1S/C26H26N4O4S/c1-16-14-22(17(2)30(16)20-10-6-19(7-11-20)25(32)34-5)23(31)15-35-26-28-27-24(29(26)3)18-8-12-21(33-4)13-9-18/h6-14H,15H2,1-5H3. The fourth-order valence-electron chi connectivity index (χ4n) is 3.95. The van der Waals surface area contributed by atoms with E-state index in [1.54, 1.807) is 19.2 Å². The van der Waals surface area contributed by atoms with Crippen LogP contribution in [-0.2, 0) is 11.8 Å². The Hall–Kier alpha value is -3.85. The Bertz CT molecular complexity index is 1370. The topological polar surface area (TPSA) is 88.2 Å². The van der Waals surface area contributed by atoms with Gasteiger partial charge in [-0.25, -0.2) is 4.79 Å². The smallest absolute Gasteiger partial charge is 0.337 e. The highest BCUT2D eigenvalue weighted by Crippen LogP contribution is 2.27. The van der Waals surface area contributed by atoms with Crippen molar-refractivity contribution >= 4 is 23.5 Å². The lowest BCUT2D eigenvalue weighted by atomic mass is 10.2. The minimum Gasteiger partial charge on any atom is -0.497 e. The molecule has 0 saturated carbocycles. The van der Waals surface area contributed by atoms with E-state index < -0.39 is 0 Å². The maximum atomic E-state index is 13.1. The first-order chi connectivity index (χ1) is 16.8. The van der Waals surface area contributed by atoms with Crippen molar-refractivity contribution in [2.75, 3.05) is 20.0 Å². The number of esters is 1. The molecule has 9 heteroatoms. The Morgan fingerprint density at radius 3 is 2.29 bits per heavy atom. The molecule has 0 unspecified atom stereocenters. The van der Waals surface area contributed by atoms with Gasteiger partial charge in [0.15, 0.2) is 16.8 Å². The van der Waals surface area contributed by atoms with Crippen LogP contribution < -0.4 is 4.74 Å². The van der Waals surface area contributed by atoms with Crippen molar-refractivity contribution in [2.45, 2.75) is 19.0 Å². The summed E-state index contributed by atoms with van der Waals surface area (Å²) in [6.45, 7) is 3.87. The van der Waals surface area contributed by atoms with E-state index in [1.165, 1.54) is 18.9 Å². The van der Waals surface area contributed by atoms with Gasteiger partial charge in [-0.05, 0) is 68.4 Å². The highest BCUT2D eigenvalue weighted by atomic mass is 32.2. The Morgan fingerprint density at radius 2 is 1.66 bits per heavy atom. The third-order valence-electron chi connectivity index (χ3n) is 5.79. The molecule has 0 saturated heterocycles. The summed E-state index contributed by atoms with van der Waals surface area (Å²) < 4.78 is 13.9. The minimum absolute atomic E-state index is 0.00882. The molecule has 0 amide bonds. The monoisotopic (exact) mass is 490 g/mol. The summed E-state index contributed by atoms with van der Waals surface area (Å²) in [6, 6.07) is 16.6. The predicted molar refractivity (Wildman–Crippen MR) is 135 cm³/mol. The quantitative estimate of drug-likeness (QED) is 0.202. The number of thioether (sulfide) groups is 1. The first-order valence-corrected chi connectivity index (χ1v) is 11.9. The number of ketones is 1. The van der Waals surface area contributed by atoms with Crippen LogP contribution in [0.4, 0.5) is 0 Å². The molecule has 0 N–H and O–H groups in total. The van der Waals surface area contributed by atoms with Crippen molar-refractivity contribution in [3.05, 3.63) is 77.1 Å². The molecule has 35 heavy (non-hydrogen) atoms. The molecular formula is C26H26N4O4S. The lowest BCUT2D eigenvalue weighted by Crippen LogP contribution is -2.07. The van der Waals surface area contributed by atoms with E-state index in [-0.39, 0.29) is 17.5 Å². The molecule has 2 heterocycles. The van der Waals surface area contributed by atoms with E-state index in [1.807, 2.05) is 72.5 Å². The van der Waals surface area contributed by atoms with Crippen molar-refractivity contribution in [3.63, 3.8) is 0 Å². The average Bonchev–Trinajstić information content (AvgIpc) is 3.40. The number of aromatic nitrogens is 4. The van der Waals surface area contributed by atoms with Gasteiger partial charge < -0.3 is 18.6 Å². The molecule has 8 nitrogen and oxygen atoms in total. The number of hydrogen-bond donors (Lipinski definition) is 0. The van der Waals surface area contributed by atoms with Crippen molar-refractivity contribution in [3.8, 4) is 22.8 Å². The molecule has 0 radical (unpaired) electrons. The lowest BCUT2D eigenvalue weighted by Gasteiger charge is -2.10. The number of benzene rings is 2. The van der Waals surface area contributed by atoms with Gasteiger partial charge in [-0.1, -0.05) is 11.8 Å². The van der Waals surface area contributed by atoms with E-state index in [2.05, 4.69) is 10.2 Å². The van der Waals surface area contributed by atoms with Crippen LogP contribution in [0.25, 0.3) is 17.1 Å². The van der Waals surface area contributed by atoms with Gasteiger partial charge >= 0.3 is 5.97 Å². The fraction of sp³-hybridized carbons (Fsp3) is 0.231. The second-order valence-corrected chi connectivity index (χ2v) is 8.91. The molecule has 0 aliphatic rings. The third-order valence-corrected chi connectivity index (χ3v) is 6.81. The molecule has 0 bridgehead atoms. The summed E-state index contributed by atoms with van der Waals surface area (Å²) in [5.41, 5.74) is 4.70. The fourth-order valence-corrected chi connectivity index (χ4v) is 4.74. The van der Waals surface area contributed by atoms with Gasteiger partial charge in [0.05, 0.1) is 25.5 Å². The van der Waals surface area contributed by atoms with Gasteiger partial charge in [-0.3, -0.25) is 4.79 Å². The molecule has 0 fully saturated rings. The van der Waals surface area contributed by atoms with Gasteiger partial charge in [-0.15, -0.1) is 10.2 Å². The number of aryl methyl sites for hydroxylation is 1. The van der Waals surface area contributed by atoms with Gasteiger partial charge in [0.1, 0.15) is 5.75 Å². The SMILES string of the molecule is COC(=O)c1ccc(-n2c(C)cc(C(=O)CSc3nnc(-c4ccc(OC)cc4)n3C)c2C)cc1. The van der Waals surface area contributed by atoms with Crippen LogP contribution in [0.5, 0.6) is 5.75 Å². The highest BCUT2D eigenvalue weighted by molar-refractivity contribution is 7.99. The Kier molecular flexibility index (Phi) is 7.07. The molecule has 2 aromatic carbocycles. The number of nitrogens with zero attached hydrogens (tertiary/aromatic N) is 4. The lowest BCUT2D eigenvalue weighted by molar-refractivity contribution is 0.0600. The normalized spacial score (nSPS) is 10.9. The van der Waals surface area contributed by atoms with E-state index in [0.717, 1.165) is 34.2 Å². The number of carbonyl (C=O) groups excluding carboxylic acids is 2. The van der Waals surface area contributed by atoms with Gasteiger partial charge in [0, 0.05) is 35.2 Å². The minimum atomic E-state index is -0.385. The van der Waals surface area contributed by atoms with Crippen LogP contribution in [0.2, 0.25) is 0 Å². The first-order valence-electron chi connectivity index (χ1n) is 10.9. The van der Waals surface area contributed by atoms with E-state index in [9.17, 15) is 9.59 Å². The van der Waals surface area contributed by atoms with Gasteiger partial charge in [0.25, 0.3) is 0 Å². The zero-order chi connectivity index (χ0) is 25.1. The maximum Gasteiger partial charge on any atom is 0.337 e. The van der Waals surface area contributed by atoms with Crippen LogP contribution >= 0.6 is 11.8 Å². The van der Waals surface area contributed by atoms with Crippen LogP contribution in [-0.4, -0.2) is 51.1 Å². The number of rotatable bonds is 8. The largest absolute Gasteiger partial charge is 0.497 e. The molecule has 0 spiro atoms. The summed E-state index contributed by atoms with van der Waals surface area (Å²) >= 11 is 1.35. The summed E-state index contributed by atoms with van der Waals surface area (Å²) in [6.07, 6.45) is 0. The van der Waals surface area contributed by atoms with Gasteiger partial charge in [-0.2, -0.15) is 0 Å². The number of Topliss-reactive ketones (excluding diaryl/α,β-unsaturated/α-hetero) is 1. The number of methoxy groups -OCH3 is 2. The van der Waals surface area contributed by atoms with Crippen molar-refractivity contribution in [1.29, 1.82) is 0 Å². The average molecular weight is 491 g/mol. The second kappa shape index (κ2) is 10.2. The van der Waals surface area contributed by atoms with Crippen molar-refractivity contribution in [2.24, 2.45) is 7.05 Å². The zero-order valence-corrected chi connectivity index (χ0v) is 21.0. The van der Waals surface area contributed by atoms with Crippen LogP contribution in [0.15, 0.2) is 59.8 Å². The summed E-state index contributed by atoms with van der Waals surface area (Å²) in [7, 11) is 4.87. The molecular weight excluding hydrogens is 464 g/mol. The first kappa shape index (κ1) is 24.3. The third kappa shape index (κ3) is 4.85. The van der Waals surface area contributed by atoms with E-state index >= 15 is 0 Å². The van der Waals surface area contributed by atoms with Crippen molar-refractivity contribution in [1.82, 2.24) is 19.3 Å². The van der Waals surface area contributed by atoms with E-state index in [0.29, 0.717) is 16.3 Å². The maximum absolute atomic E-state index is 13.1. The molecule has 180 valence electrons. The molecule has 2 aromatic heterocycles. The van der Waals surface area contributed by atoms with Gasteiger partial charge in [0.2, 0.25) is 0 Å². The molecule has 0 atom stereocenters. The number of carbonyl (C=O) groups is 2. The Morgan fingerprint density at radius 1 is 0.971 bits per heavy atom. The zero-order valence-electron chi connectivity index (χ0n) is 20.2. The number of ether oxygens (including phenoxy) is 2. The molecule has 0 aliphatic heterocycles.